The van der Waals surface area contributed by atoms with Gasteiger partial charge in [-0.15, -0.1) is 0 Å². The van der Waals surface area contributed by atoms with Gasteiger partial charge in [-0.05, 0) is 31.5 Å². The summed E-state index contributed by atoms with van der Waals surface area (Å²) in [5.41, 5.74) is 1.21. The van der Waals surface area contributed by atoms with E-state index in [1.165, 1.54) is 17.3 Å². The fourth-order valence-electron chi connectivity index (χ4n) is 3.83. The molecule has 1 saturated heterocycles. The molecule has 2 heterocycles. The van der Waals surface area contributed by atoms with E-state index < -0.39 is 23.7 Å². The Morgan fingerprint density at radius 3 is 2.29 bits per heavy atom. The van der Waals surface area contributed by atoms with Crippen LogP contribution in [0.5, 0.6) is 0 Å². The lowest BCUT2D eigenvalue weighted by atomic mass is 9.86. The van der Waals surface area contributed by atoms with Gasteiger partial charge in [-0.2, -0.15) is 0 Å². The Balaban J connectivity index is 1.97. The number of hydrogen-bond acceptors (Lipinski definition) is 4. The van der Waals surface area contributed by atoms with Crippen molar-refractivity contribution in [1.29, 1.82) is 0 Å². The second kappa shape index (κ2) is 8.89. The van der Waals surface area contributed by atoms with Crippen LogP contribution in [0, 0.1) is 5.92 Å². The Bertz CT molecular complexity index is 835. The number of benzene rings is 1. The molecule has 3 rings (SSSR count). The predicted octanol–water partition coefficient (Wildman–Crippen LogP) is 0.958. The molecule has 1 N–H and O–H groups in total. The Labute approximate surface area is 165 Å². The zero-order chi connectivity index (χ0) is 20.1. The van der Waals surface area contributed by atoms with Gasteiger partial charge in [0.25, 0.3) is 5.91 Å². The zero-order valence-corrected chi connectivity index (χ0v) is 16.3. The summed E-state index contributed by atoms with van der Waals surface area (Å²) >= 11 is 0. The molecule has 0 spiro atoms. The number of pyridine rings is 1. The summed E-state index contributed by atoms with van der Waals surface area (Å²) in [4.78, 5) is 45.7. The maximum absolute atomic E-state index is 13.1. The summed E-state index contributed by atoms with van der Waals surface area (Å²) in [7, 11) is 0. The molecule has 0 saturated carbocycles. The van der Waals surface area contributed by atoms with Gasteiger partial charge in [0.2, 0.25) is 5.78 Å². The number of aromatic nitrogens is 1. The van der Waals surface area contributed by atoms with E-state index in [0.29, 0.717) is 12.1 Å². The Kier molecular flexibility index (Phi) is 6.31. The molecule has 0 bridgehead atoms. The van der Waals surface area contributed by atoms with E-state index in [0.717, 1.165) is 25.2 Å². The SMILES string of the molecule is CC[NH+](CC)CCN1C(=O)C(=O)C(C(=O)c2ccncc2)C1c1ccccc1. The number of carbonyl (C=O) groups is 3. The van der Waals surface area contributed by atoms with Crippen molar-refractivity contribution in [2.24, 2.45) is 5.92 Å². The van der Waals surface area contributed by atoms with E-state index >= 15 is 0 Å². The molecule has 1 amide bonds. The first-order valence-corrected chi connectivity index (χ1v) is 9.76. The van der Waals surface area contributed by atoms with Crippen LogP contribution in [0.4, 0.5) is 0 Å². The molecular formula is C22H26N3O3+. The molecule has 146 valence electrons. The average molecular weight is 380 g/mol. The molecule has 1 aliphatic rings. The van der Waals surface area contributed by atoms with Crippen LogP contribution in [0.2, 0.25) is 0 Å². The van der Waals surface area contributed by atoms with Crippen molar-refractivity contribution in [1.82, 2.24) is 9.88 Å². The number of ketones is 2. The summed E-state index contributed by atoms with van der Waals surface area (Å²) in [5, 5.41) is 0. The van der Waals surface area contributed by atoms with E-state index in [1.54, 1.807) is 17.0 Å². The van der Waals surface area contributed by atoms with E-state index in [-0.39, 0.29) is 5.78 Å². The van der Waals surface area contributed by atoms with Crippen molar-refractivity contribution < 1.29 is 19.3 Å². The number of hydrogen-bond donors (Lipinski definition) is 1. The molecule has 6 nitrogen and oxygen atoms in total. The van der Waals surface area contributed by atoms with Gasteiger partial charge in [-0.25, -0.2) is 0 Å². The second-order valence-corrected chi connectivity index (χ2v) is 7.00. The third kappa shape index (κ3) is 3.87. The van der Waals surface area contributed by atoms with Crippen LogP contribution >= 0.6 is 0 Å². The maximum atomic E-state index is 13.1. The van der Waals surface area contributed by atoms with Gasteiger partial charge in [0.15, 0.2) is 5.78 Å². The fourth-order valence-corrected chi connectivity index (χ4v) is 3.83. The molecule has 0 aliphatic carbocycles. The number of carbonyl (C=O) groups excluding carboxylic acids is 3. The zero-order valence-electron chi connectivity index (χ0n) is 16.3. The van der Waals surface area contributed by atoms with Crippen LogP contribution < -0.4 is 4.90 Å². The molecule has 6 heteroatoms. The van der Waals surface area contributed by atoms with Gasteiger partial charge >= 0.3 is 0 Å². The van der Waals surface area contributed by atoms with Crippen LogP contribution in [0.1, 0.15) is 35.8 Å². The van der Waals surface area contributed by atoms with E-state index in [9.17, 15) is 14.4 Å². The number of likely N-dealkylation sites (tertiary alicyclic amines) is 1. The molecule has 1 aliphatic heterocycles. The Morgan fingerprint density at radius 2 is 1.68 bits per heavy atom. The van der Waals surface area contributed by atoms with Gasteiger partial charge in [0.05, 0.1) is 32.2 Å². The van der Waals surface area contributed by atoms with Crippen molar-refractivity contribution in [3.05, 3.63) is 66.0 Å². The number of rotatable bonds is 8. The topological polar surface area (TPSA) is 71.8 Å². The highest BCUT2D eigenvalue weighted by Crippen LogP contribution is 2.37. The largest absolute Gasteiger partial charge is 0.334 e. The number of likely N-dealkylation sites (N-methyl/N-ethyl adjacent to an activating group) is 1. The minimum absolute atomic E-state index is 0.327. The molecule has 28 heavy (non-hydrogen) atoms. The first kappa shape index (κ1) is 19.9. The summed E-state index contributed by atoms with van der Waals surface area (Å²) in [5.74, 6) is -2.53. The normalized spacial score (nSPS) is 19.5. The van der Waals surface area contributed by atoms with Crippen LogP contribution in [0.3, 0.4) is 0 Å². The van der Waals surface area contributed by atoms with Crippen LogP contribution in [0.25, 0.3) is 0 Å². The maximum Gasteiger partial charge on any atom is 0.291 e. The molecule has 2 unspecified atom stereocenters. The van der Waals surface area contributed by atoms with Gasteiger partial charge in [0, 0.05) is 18.0 Å². The summed E-state index contributed by atoms with van der Waals surface area (Å²) in [6.07, 6.45) is 3.04. The van der Waals surface area contributed by atoms with Crippen LogP contribution in [-0.4, -0.2) is 53.5 Å². The number of quaternary nitrogens is 1. The van der Waals surface area contributed by atoms with E-state index in [2.05, 4.69) is 18.8 Å². The highest BCUT2D eigenvalue weighted by molar-refractivity contribution is 6.44. The van der Waals surface area contributed by atoms with Crippen molar-refractivity contribution >= 4 is 17.5 Å². The molecule has 1 aromatic heterocycles. The van der Waals surface area contributed by atoms with E-state index in [1.807, 2.05) is 30.3 Å². The van der Waals surface area contributed by atoms with Gasteiger partial charge in [0.1, 0.15) is 5.92 Å². The van der Waals surface area contributed by atoms with E-state index in [4.69, 9.17) is 0 Å². The second-order valence-electron chi connectivity index (χ2n) is 7.00. The van der Waals surface area contributed by atoms with Crippen LogP contribution in [-0.2, 0) is 9.59 Å². The van der Waals surface area contributed by atoms with Gasteiger partial charge < -0.3 is 9.80 Å². The van der Waals surface area contributed by atoms with Crippen molar-refractivity contribution in [2.45, 2.75) is 19.9 Å². The first-order valence-electron chi connectivity index (χ1n) is 9.76. The summed E-state index contributed by atoms with van der Waals surface area (Å²) in [6.45, 7) is 7.27. The molecule has 1 fully saturated rings. The summed E-state index contributed by atoms with van der Waals surface area (Å²) < 4.78 is 0. The molecule has 1 aromatic carbocycles. The third-order valence-corrected chi connectivity index (χ3v) is 5.50. The Morgan fingerprint density at radius 1 is 1.04 bits per heavy atom. The standard InChI is InChI=1S/C22H25N3O3/c1-3-24(4-2)14-15-25-19(16-8-6-5-7-9-16)18(21(27)22(25)28)20(26)17-10-12-23-13-11-17/h5-13,18-19H,3-4,14-15H2,1-2H3/p+1. The fraction of sp³-hybridized carbons (Fsp3) is 0.364. The lowest BCUT2D eigenvalue weighted by molar-refractivity contribution is -0.895. The van der Waals surface area contributed by atoms with Gasteiger partial charge in [-0.1, -0.05) is 30.3 Å². The number of Topliss-reactive ketones (excluding diaryl/α,β-unsaturated/α-hetero) is 2. The van der Waals surface area contributed by atoms with Crippen molar-refractivity contribution in [2.75, 3.05) is 26.2 Å². The number of nitrogens with one attached hydrogen (secondary N) is 1. The van der Waals surface area contributed by atoms with Gasteiger partial charge in [-0.3, -0.25) is 19.4 Å². The van der Waals surface area contributed by atoms with Crippen molar-refractivity contribution in [3.63, 3.8) is 0 Å². The average Bonchev–Trinajstić information content (AvgIpc) is 3.00. The number of nitrogens with zero attached hydrogens (tertiary/aromatic N) is 2. The minimum Gasteiger partial charge on any atom is -0.334 e. The lowest BCUT2D eigenvalue weighted by Gasteiger charge is -2.28. The highest BCUT2D eigenvalue weighted by Gasteiger charge is 2.51. The molecule has 0 radical (unpaired) electrons. The third-order valence-electron chi connectivity index (χ3n) is 5.50. The molecular weight excluding hydrogens is 354 g/mol. The van der Waals surface area contributed by atoms with Crippen molar-refractivity contribution in [3.8, 4) is 0 Å². The summed E-state index contributed by atoms with van der Waals surface area (Å²) in [6, 6.07) is 12.0. The molecule has 2 aromatic rings. The lowest BCUT2D eigenvalue weighted by Crippen LogP contribution is -3.12. The highest BCUT2D eigenvalue weighted by atomic mass is 16.2. The predicted molar refractivity (Wildman–Crippen MR) is 105 cm³/mol. The molecule has 2 atom stereocenters. The van der Waals surface area contributed by atoms with Crippen LogP contribution in [0.15, 0.2) is 54.9 Å². The first-order chi connectivity index (χ1) is 13.6. The quantitative estimate of drug-likeness (QED) is 0.421. The smallest absolute Gasteiger partial charge is 0.291 e. The Hall–Kier alpha value is -2.86. The monoisotopic (exact) mass is 380 g/mol. The minimum atomic E-state index is -1.02. The number of amides is 1.